The molecule has 0 aliphatic carbocycles. The zero-order chi connectivity index (χ0) is 14.4. The van der Waals surface area contributed by atoms with Crippen LogP contribution in [0.15, 0.2) is 18.2 Å². The molecule has 0 aliphatic rings. The van der Waals surface area contributed by atoms with Gasteiger partial charge in [-0.2, -0.15) is 0 Å². The van der Waals surface area contributed by atoms with Gasteiger partial charge in [-0.3, -0.25) is 4.79 Å². The first-order valence-electron chi connectivity index (χ1n) is 5.41. The van der Waals surface area contributed by atoms with Crippen LogP contribution in [0.4, 0.5) is 4.39 Å². The van der Waals surface area contributed by atoms with Crippen molar-refractivity contribution < 1.29 is 23.8 Å². The summed E-state index contributed by atoms with van der Waals surface area (Å²) in [4.78, 5) is 21.9. The van der Waals surface area contributed by atoms with E-state index in [1.807, 2.05) is 5.32 Å². The molecule has 0 aliphatic heterocycles. The third kappa shape index (κ3) is 4.75. The monoisotopic (exact) mass is 289 g/mol. The summed E-state index contributed by atoms with van der Waals surface area (Å²) in [5, 5.41) is 11.1. The molecular weight excluding hydrogens is 277 g/mol. The average molecular weight is 290 g/mol. The third-order valence-electron chi connectivity index (χ3n) is 2.29. The minimum atomic E-state index is -1.55. The van der Waals surface area contributed by atoms with Crippen molar-refractivity contribution in [1.29, 1.82) is 0 Å². The maximum atomic E-state index is 12.3. The molecule has 0 saturated heterocycles. The molecule has 5 nitrogen and oxygen atoms in total. The van der Waals surface area contributed by atoms with Crippen LogP contribution in [0.2, 0.25) is 5.02 Å². The smallest absolute Gasteiger partial charge is 0.328 e. The van der Waals surface area contributed by atoms with Crippen LogP contribution in [0, 0.1) is 6.92 Å². The number of rotatable bonds is 6. The zero-order valence-electron chi connectivity index (χ0n) is 10.2. The first-order chi connectivity index (χ1) is 8.93. The molecule has 0 spiro atoms. The Hall–Kier alpha value is -1.82. The molecule has 1 atom stereocenters. The molecule has 1 rings (SSSR count). The number of carbonyl (C=O) groups is 2. The van der Waals surface area contributed by atoms with Gasteiger partial charge in [-0.15, -0.1) is 0 Å². The summed E-state index contributed by atoms with van der Waals surface area (Å²) in [5.74, 6) is -1.72. The Balaban J connectivity index is 2.49. The number of amides is 1. The summed E-state index contributed by atoms with van der Waals surface area (Å²) < 4.78 is 17.4. The maximum absolute atomic E-state index is 12.3. The second-order valence-electron chi connectivity index (χ2n) is 3.81. The molecule has 1 unspecified atom stereocenters. The van der Waals surface area contributed by atoms with Crippen LogP contribution in [0.3, 0.4) is 0 Å². The van der Waals surface area contributed by atoms with Crippen molar-refractivity contribution in [2.24, 2.45) is 0 Å². The van der Waals surface area contributed by atoms with Crippen LogP contribution < -0.4 is 10.1 Å². The van der Waals surface area contributed by atoms with Crippen molar-refractivity contribution in [2.45, 2.75) is 13.0 Å². The van der Waals surface area contributed by atoms with E-state index in [1.165, 1.54) is 0 Å². The van der Waals surface area contributed by atoms with Crippen molar-refractivity contribution in [3.05, 3.63) is 28.8 Å². The number of carbonyl (C=O) groups excluding carboxylic acids is 1. The van der Waals surface area contributed by atoms with E-state index in [1.54, 1.807) is 25.1 Å². The normalized spacial score (nSPS) is 11.7. The van der Waals surface area contributed by atoms with E-state index < -0.39 is 31.2 Å². The highest BCUT2D eigenvalue weighted by Crippen LogP contribution is 2.20. The molecule has 1 aromatic carbocycles. The van der Waals surface area contributed by atoms with Crippen LogP contribution in [0.1, 0.15) is 5.56 Å². The number of alkyl halides is 1. The lowest BCUT2D eigenvalue weighted by molar-refractivity contribution is -0.142. The van der Waals surface area contributed by atoms with Gasteiger partial charge in [0.1, 0.15) is 12.4 Å². The van der Waals surface area contributed by atoms with Crippen LogP contribution in [-0.2, 0) is 9.59 Å². The molecule has 7 heteroatoms. The average Bonchev–Trinajstić information content (AvgIpc) is 2.37. The predicted octanol–water partition coefficient (Wildman–Crippen LogP) is 1.57. The van der Waals surface area contributed by atoms with E-state index in [0.717, 1.165) is 5.56 Å². The Morgan fingerprint density at radius 2 is 2.21 bits per heavy atom. The Bertz CT molecular complexity index is 481. The van der Waals surface area contributed by atoms with Crippen LogP contribution in [-0.4, -0.2) is 36.3 Å². The molecule has 1 amide bonds. The molecule has 19 heavy (non-hydrogen) atoms. The molecule has 0 radical (unpaired) electrons. The summed E-state index contributed by atoms with van der Waals surface area (Å²) in [5.41, 5.74) is 0.784. The Kier molecular flexibility index (Phi) is 5.57. The SMILES string of the molecule is Cc1cc(OCC(=O)NC(CF)C(=O)O)ccc1Cl. The first-order valence-corrected chi connectivity index (χ1v) is 5.79. The number of halogens is 2. The van der Waals surface area contributed by atoms with E-state index in [9.17, 15) is 14.0 Å². The summed E-state index contributed by atoms with van der Waals surface area (Å²) in [6.07, 6.45) is 0. The Morgan fingerprint density at radius 3 is 2.74 bits per heavy atom. The fourth-order valence-electron chi connectivity index (χ4n) is 1.26. The van der Waals surface area contributed by atoms with Gasteiger partial charge in [-0.05, 0) is 30.7 Å². The first kappa shape index (κ1) is 15.2. The van der Waals surface area contributed by atoms with Gasteiger partial charge >= 0.3 is 5.97 Å². The number of hydrogen-bond acceptors (Lipinski definition) is 3. The van der Waals surface area contributed by atoms with E-state index in [0.29, 0.717) is 10.8 Å². The number of hydrogen-bond donors (Lipinski definition) is 2. The zero-order valence-corrected chi connectivity index (χ0v) is 10.9. The molecule has 0 saturated carbocycles. The lowest BCUT2D eigenvalue weighted by Crippen LogP contribution is -2.44. The Labute approximate surface area is 114 Å². The summed E-state index contributed by atoms with van der Waals surface area (Å²) in [7, 11) is 0. The number of carboxylic acid groups (broad SMARTS) is 1. The van der Waals surface area contributed by atoms with Crippen molar-refractivity contribution in [2.75, 3.05) is 13.3 Å². The van der Waals surface area contributed by atoms with Gasteiger partial charge < -0.3 is 15.2 Å². The molecule has 104 valence electrons. The van der Waals surface area contributed by atoms with E-state index in [-0.39, 0.29) is 0 Å². The van der Waals surface area contributed by atoms with E-state index >= 15 is 0 Å². The second-order valence-corrected chi connectivity index (χ2v) is 4.22. The van der Waals surface area contributed by atoms with E-state index in [4.69, 9.17) is 21.4 Å². The fourth-order valence-corrected chi connectivity index (χ4v) is 1.38. The van der Waals surface area contributed by atoms with E-state index in [2.05, 4.69) is 0 Å². The highest BCUT2D eigenvalue weighted by Gasteiger charge is 2.19. The topological polar surface area (TPSA) is 75.6 Å². The fraction of sp³-hybridized carbons (Fsp3) is 0.333. The van der Waals surface area contributed by atoms with Gasteiger partial charge in [0, 0.05) is 5.02 Å². The molecule has 0 heterocycles. The van der Waals surface area contributed by atoms with Gasteiger partial charge in [0.15, 0.2) is 12.6 Å². The Morgan fingerprint density at radius 1 is 1.53 bits per heavy atom. The number of aliphatic carboxylic acids is 1. The summed E-state index contributed by atoms with van der Waals surface area (Å²) in [6, 6.07) is 3.28. The number of aryl methyl sites for hydroxylation is 1. The molecule has 2 N–H and O–H groups in total. The maximum Gasteiger partial charge on any atom is 0.328 e. The van der Waals surface area contributed by atoms with Gasteiger partial charge in [-0.1, -0.05) is 11.6 Å². The van der Waals surface area contributed by atoms with Crippen LogP contribution in [0.25, 0.3) is 0 Å². The molecular formula is C12H13ClFNO4. The molecule has 1 aromatic rings. The summed E-state index contributed by atoms with van der Waals surface area (Å²) in [6.45, 7) is 0.199. The quantitative estimate of drug-likeness (QED) is 0.833. The van der Waals surface area contributed by atoms with Crippen molar-refractivity contribution in [3.63, 3.8) is 0 Å². The van der Waals surface area contributed by atoms with Crippen molar-refractivity contribution in [1.82, 2.24) is 5.32 Å². The number of ether oxygens (including phenoxy) is 1. The van der Waals surface area contributed by atoms with Gasteiger partial charge in [-0.25, -0.2) is 9.18 Å². The van der Waals surface area contributed by atoms with Gasteiger partial charge in [0.05, 0.1) is 0 Å². The van der Waals surface area contributed by atoms with Gasteiger partial charge in [0.2, 0.25) is 0 Å². The minimum absolute atomic E-state index is 0.398. The van der Waals surface area contributed by atoms with Crippen molar-refractivity contribution in [3.8, 4) is 5.75 Å². The lowest BCUT2D eigenvalue weighted by Gasteiger charge is -2.11. The molecule has 0 fully saturated rings. The number of nitrogens with one attached hydrogen (secondary N) is 1. The van der Waals surface area contributed by atoms with Crippen LogP contribution in [0.5, 0.6) is 5.75 Å². The molecule has 0 aromatic heterocycles. The standard InChI is InChI=1S/C12H13ClFNO4/c1-7-4-8(2-3-9(7)13)19-6-11(16)15-10(5-14)12(17)18/h2-4,10H,5-6H2,1H3,(H,15,16)(H,17,18). The summed E-state index contributed by atoms with van der Waals surface area (Å²) >= 11 is 5.82. The molecule has 0 bridgehead atoms. The lowest BCUT2D eigenvalue weighted by atomic mass is 10.2. The predicted molar refractivity (Wildman–Crippen MR) is 67.2 cm³/mol. The van der Waals surface area contributed by atoms with Crippen LogP contribution >= 0.6 is 11.6 Å². The largest absolute Gasteiger partial charge is 0.484 e. The highest BCUT2D eigenvalue weighted by molar-refractivity contribution is 6.31. The van der Waals surface area contributed by atoms with Gasteiger partial charge in [0.25, 0.3) is 5.91 Å². The minimum Gasteiger partial charge on any atom is -0.484 e. The number of carboxylic acids is 1. The second kappa shape index (κ2) is 6.94. The highest BCUT2D eigenvalue weighted by atomic mass is 35.5. The number of benzene rings is 1. The third-order valence-corrected chi connectivity index (χ3v) is 2.71. The van der Waals surface area contributed by atoms with Crippen molar-refractivity contribution >= 4 is 23.5 Å².